The molecule has 0 aromatic heterocycles. The Bertz CT molecular complexity index is 922. The second-order valence-corrected chi connectivity index (χ2v) is 5.83. The average molecular weight is 368 g/mol. The number of barbiturate groups is 1. The Morgan fingerprint density at radius 2 is 1.78 bits per heavy atom. The largest absolute Gasteiger partial charge is 0.494 e. The van der Waals surface area contributed by atoms with Gasteiger partial charge in [0.25, 0.3) is 11.8 Å². The summed E-state index contributed by atoms with van der Waals surface area (Å²) in [6, 6.07) is 11.2. The summed E-state index contributed by atoms with van der Waals surface area (Å²) in [6.45, 7) is 2.58. The number of nitrogens with one attached hydrogen (secondary N) is 1. The zero-order valence-corrected chi connectivity index (χ0v) is 14.6. The van der Waals surface area contributed by atoms with Crippen molar-refractivity contribution in [1.29, 1.82) is 0 Å². The third-order valence-electron chi connectivity index (χ3n) is 3.86. The zero-order valence-electron chi connectivity index (χ0n) is 14.6. The molecule has 0 aliphatic carbocycles. The Labute approximate surface area is 155 Å². The molecule has 7 heteroatoms. The maximum absolute atomic E-state index is 14.0. The molecule has 1 saturated heterocycles. The van der Waals surface area contributed by atoms with E-state index >= 15 is 0 Å². The molecule has 0 atom stereocenters. The molecule has 1 aliphatic rings. The molecule has 4 amide bonds. The number of carbonyl (C=O) groups excluding carboxylic acids is 3. The summed E-state index contributed by atoms with van der Waals surface area (Å²) >= 11 is 0. The molecule has 1 N–H and O–H groups in total. The standard InChI is InChI=1S/C20H17FN2O4/c1-2-11-27-14-9-7-13(8-10-14)12-15-18(24)22-20(26)23(19(15)25)17-6-4-3-5-16(17)21/h3-10,12H,2,11H2,1H3,(H,22,24,26). The highest BCUT2D eigenvalue weighted by Crippen LogP contribution is 2.24. The van der Waals surface area contributed by atoms with Crippen LogP contribution in [0.3, 0.4) is 0 Å². The van der Waals surface area contributed by atoms with E-state index in [0.29, 0.717) is 22.8 Å². The van der Waals surface area contributed by atoms with E-state index in [2.05, 4.69) is 5.32 Å². The molecule has 1 heterocycles. The van der Waals surface area contributed by atoms with Gasteiger partial charge in [-0.3, -0.25) is 14.9 Å². The monoisotopic (exact) mass is 368 g/mol. The number of rotatable bonds is 5. The van der Waals surface area contributed by atoms with Gasteiger partial charge in [0, 0.05) is 0 Å². The predicted octanol–water partition coefficient (Wildman–Crippen LogP) is 3.28. The minimum atomic E-state index is -0.990. The van der Waals surface area contributed by atoms with Gasteiger partial charge >= 0.3 is 6.03 Å². The van der Waals surface area contributed by atoms with Gasteiger partial charge in [-0.25, -0.2) is 14.1 Å². The molecule has 0 unspecified atom stereocenters. The smallest absolute Gasteiger partial charge is 0.336 e. The summed E-state index contributed by atoms with van der Waals surface area (Å²) < 4.78 is 19.5. The first-order valence-corrected chi connectivity index (χ1v) is 8.40. The maximum atomic E-state index is 14.0. The van der Waals surface area contributed by atoms with E-state index < -0.39 is 23.7 Å². The van der Waals surface area contributed by atoms with Gasteiger partial charge in [-0.1, -0.05) is 31.2 Å². The van der Waals surface area contributed by atoms with Crippen molar-refractivity contribution in [3.8, 4) is 5.75 Å². The molecular weight excluding hydrogens is 351 g/mol. The van der Waals surface area contributed by atoms with E-state index in [0.717, 1.165) is 12.5 Å². The summed E-state index contributed by atoms with van der Waals surface area (Å²) in [5.74, 6) is -1.79. The highest BCUT2D eigenvalue weighted by atomic mass is 19.1. The van der Waals surface area contributed by atoms with Crippen molar-refractivity contribution in [3.63, 3.8) is 0 Å². The Kier molecular flexibility index (Phi) is 5.30. The Balaban J connectivity index is 1.91. The van der Waals surface area contributed by atoms with Gasteiger partial charge in [0.05, 0.1) is 12.3 Å². The van der Waals surface area contributed by atoms with Gasteiger partial charge < -0.3 is 4.74 Å². The lowest BCUT2D eigenvalue weighted by atomic mass is 10.1. The molecule has 1 aliphatic heterocycles. The molecular formula is C20H17FN2O4. The van der Waals surface area contributed by atoms with Crippen molar-refractivity contribution in [2.45, 2.75) is 13.3 Å². The topological polar surface area (TPSA) is 75.7 Å². The summed E-state index contributed by atoms with van der Waals surface area (Å²) in [4.78, 5) is 37.5. The molecule has 3 rings (SSSR count). The highest BCUT2D eigenvalue weighted by Gasteiger charge is 2.37. The summed E-state index contributed by atoms with van der Waals surface area (Å²) in [5, 5.41) is 2.06. The van der Waals surface area contributed by atoms with Crippen LogP contribution in [0.1, 0.15) is 18.9 Å². The van der Waals surface area contributed by atoms with E-state index in [1.165, 1.54) is 24.3 Å². The first-order valence-electron chi connectivity index (χ1n) is 8.40. The quantitative estimate of drug-likeness (QED) is 0.649. The number of benzene rings is 2. The lowest BCUT2D eigenvalue weighted by Gasteiger charge is -2.26. The van der Waals surface area contributed by atoms with Crippen LogP contribution in [-0.4, -0.2) is 24.5 Å². The third kappa shape index (κ3) is 3.87. The fourth-order valence-electron chi connectivity index (χ4n) is 2.56. The molecule has 2 aromatic carbocycles. The van der Waals surface area contributed by atoms with E-state index in [4.69, 9.17) is 4.74 Å². The Hall–Kier alpha value is -3.48. The first kappa shape index (κ1) is 18.3. The van der Waals surface area contributed by atoms with Crippen LogP contribution in [0.15, 0.2) is 54.1 Å². The normalized spacial score (nSPS) is 15.9. The minimum Gasteiger partial charge on any atom is -0.494 e. The lowest BCUT2D eigenvalue weighted by Crippen LogP contribution is -2.54. The number of urea groups is 1. The van der Waals surface area contributed by atoms with Crippen molar-refractivity contribution in [2.75, 3.05) is 11.5 Å². The number of imide groups is 2. The van der Waals surface area contributed by atoms with Crippen molar-refractivity contribution >= 4 is 29.6 Å². The number of hydrogen-bond acceptors (Lipinski definition) is 4. The molecule has 0 radical (unpaired) electrons. The van der Waals surface area contributed by atoms with E-state index in [1.54, 1.807) is 24.3 Å². The molecule has 6 nitrogen and oxygen atoms in total. The molecule has 0 saturated carbocycles. The number of ether oxygens (including phenoxy) is 1. The van der Waals surface area contributed by atoms with Crippen LogP contribution in [0, 0.1) is 5.82 Å². The molecule has 0 spiro atoms. The van der Waals surface area contributed by atoms with Crippen LogP contribution < -0.4 is 15.0 Å². The maximum Gasteiger partial charge on any atom is 0.336 e. The van der Waals surface area contributed by atoms with Crippen LogP contribution in [0.5, 0.6) is 5.75 Å². The SMILES string of the molecule is CCCOc1ccc(C=C2C(=O)NC(=O)N(c3ccccc3F)C2=O)cc1. The molecule has 27 heavy (non-hydrogen) atoms. The number of amides is 4. The van der Waals surface area contributed by atoms with Gasteiger partial charge in [0.15, 0.2) is 0 Å². The van der Waals surface area contributed by atoms with Crippen molar-refractivity contribution in [3.05, 3.63) is 65.5 Å². The summed E-state index contributed by atoms with van der Waals surface area (Å²) in [5.41, 5.74) is 0.0852. The van der Waals surface area contributed by atoms with Crippen molar-refractivity contribution in [1.82, 2.24) is 5.32 Å². The van der Waals surface area contributed by atoms with Crippen molar-refractivity contribution < 1.29 is 23.5 Å². The van der Waals surface area contributed by atoms with Gasteiger partial charge in [-0.15, -0.1) is 0 Å². The van der Waals surface area contributed by atoms with Gasteiger partial charge in [0.1, 0.15) is 17.1 Å². The van der Waals surface area contributed by atoms with Crippen LogP contribution in [0.2, 0.25) is 0 Å². The van der Waals surface area contributed by atoms with Crippen LogP contribution in [-0.2, 0) is 9.59 Å². The molecule has 2 aromatic rings. The second-order valence-electron chi connectivity index (χ2n) is 5.83. The van der Waals surface area contributed by atoms with E-state index in [9.17, 15) is 18.8 Å². The minimum absolute atomic E-state index is 0.221. The number of nitrogens with zero attached hydrogens (tertiary/aromatic N) is 1. The predicted molar refractivity (Wildman–Crippen MR) is 97.6 cm³/mol. The number of anilines is 1. The third-order valence-corrected chi connectivity index (χ3v) is 3.86. The molecule has 1 fully saturated rings. The van der Waals surface area contributed by atoms with E-state index in [1.807, 2.05) is 6.92 Å². The number of carbonyl (C=O) groups is 3. The van der Waals surface area contributed by atoms with Crippen LogP contribution in [0.25, 0.3) is 6.08 Å². The fourth-order valence-corrected chi connectivity index (χ4v) is 2.56. The number of hydrogen-bond donors (Lipinski definition) is 1. The average Bonchev–Trinajstić information content (AvgIpc) is 2.66. The number of para-hydroxylation sites is 1. The van der Waals surface area contributed by atoms with Crippen LogP contribution >= 0.6 is 0 Å². The van der Waals surface area contributed by atoms with Crippen molar-refractivity contribution in [2.24, 2.45) is 0 Å². The highest BCUT2D eigenvalue weighted by molar-refractivity contribution is 6.39. The summed E-state index contributed by atoms with van der Waals surface area (Å²) in [7, 11) is 0. The van der Waals surface area contributed by atoms with Gasteiger partial charge in [0.2, 0.25) is 0 Å². The number of halogens is 1. The van der Waals surface area contributed by atoms with E-state index in [-0.39, 0.29) is 11.3 Å². The van der Waals surface area contributed by atoms with Gasteiger partial charge in [-0.2, -0.15) is 0 Å². The molecule has 0 bridgehead atoms. The zero-order chi connectivity index (χ0) is 19.4. The second kappa shape index (κ2) is 7.82. The van der Waals surface area contributed by atoms with Gasteiger partial charge in [-0.05, 0) is 42.3 Å². The summed E-state index contributed by atoms with van der Waals surface area (Å²) in [6.07, 6.45) is 2.22. The molecule has 138 valence electrons. The van der Waals surface area contributed by atoms with Crippen LogP contribution in [0.4, 0.5) is 14.9 Å². The fraction of sp³-hybridized carbons (Fsp3) is 0.150. The Morgan fingerprint density at radius 3 is 2.44 bits per heavy atom. The Morgan fingerprint density at radius 1 is 1.07 bits per heavy atom. The first-order chi connectivity index (χ1) is 13.0. The lowest BCUT2D eigenvalue weighted by molar-refractivity contribution is -0.122.